The van der Waals surface area contributed by atoms with Gasteiger partial charge in [0, 0.05) is 24.4 Å². The summed E-state index contributed by atoms with van der Waals surface area (Å²) in [5, 5.41) is 2.17. The van der Waals surface area contributed by atoms with Crippen molar-refractivity contribution >= 4 is 39.1 Å². The first-order valence-electron chi connectivity index (χ1n) is 6.88. The van der Waals surface area contributed by atoms with Crippen LogP contribution in [0.15, 0.2) is 11.7 Å². The van der Waals surface area contributed by atoms with Crippen LogP contribution in [-0.4, -0.2) is 40.6 Å². The number of thiophene rings is 1. The van der Waals surface area contributed by atoms with Crippen LogP contribution >= 0.6 is 23.1 Å². The average molecular weight is 308 g/mol. The Kier molecular flexibility index (Phi) is 3.88. The maximum absolute atomic E-state index is 5.96. The lowest BCUT2D eigenvalue weighted by Gasteiger charge is -2.40. The molecular weight excluding hydrogens is 288 g/mol. The highest BCUT2D eigenvalue weighted by molar-refractivity contribution is 8.00. The molecule has 3 rings (SSSR count). The Morgan fingerprint density at radius 1 is 1.40 bits per heavy atom. The molecule has 0 unspecified atom stereocenters. The molecule has 2 N–H and O–H groups in total. The number of aromatic nitrogens is 2. The van der Waals surface area contributed by atoms with Crippen LogP contribution in [-0.2, 0) is 0 Å². The van der Waals surface area contributed by atoms with E-state index in [1.807, 2.05) is 11.8 Å². The van der Waals surface area contributed by atoms with Gasteiger partial charge in [0.15, 0.2) is 0 Å². The van der Waals surface area contributed by atoms with E-state index in [4.69, 9.17) is 5.73 Å². The first-order valence-corrected chi connectivity index (χ1v) is 8.98. The Morgan fingerprint density at radius 2 is 2.15 bits per heavy atom. The van der Waals surface area contributed by atoms with Crippen molar-refractivity contribution in [3.8, 4) is 0 Å². The number of nitrogens with zero attached hydrogens (tertiary/aromatic N) is 3. The molecule has 0 saturated carbocycles. The lowest BCUT2D eigenvalue weighted by molar-refractivity contribution is 0.456. The number of rotatable bonds is 3. The van der Waals surface area contributed by atoms with Crippen molar-refractivity contribution in [2.24, 2.45) is 5.73 Å². The maximum atomic E-state index is 5.96. The molecule has 6 heteroatoms. The topological polar surface area (TPSA) is 55.0 Å². The number of aryl methyl sites for hydroxylation is 1. The van der Waals surface area contributed by atoms with E-state index in [0.29, 0.717) is 0 Å². The normalized spacial score (nSPS) is 18.6. The summed E-state index contributed by atoms with van der Waals surface area (Å²) in [7, 11) is 0. The van der Waals surface area contributed by atoms with Crippen LogP contribution in [0, 0.1) is 6.92 Å². The zero-order valence-electron chi connectivity index (χ0n) is 11.9. The van der Waals surface area contributed by atoms with Crippen molar-refractivity contribution in [3.63, 3.8) is 0 Å². The lowest BCUT2D eigenvalue weighted by atomic mass is 9.96. The molecular formula is C14H20N4S2. The number of piperidine rings is 1. The summed E-state index contributed by atoms with van der Waals surface area (Å²) in [5.41, 5.74) is 8.30. The Balaban J connectivity index is 1.87. The van der Waals surface area contributed by atoms with Crippen LogP contribution in [0.1, 0.15) is 18.4 Å². The first kappa shape index (κ1) is 14.1. The summed E-state index contributed by atoms with van der Waals surface area (Å²) in [6.07, 6.45) is 6.12. The van der Waals surface area contributed by atoms with Crippen LogP contribution in [0.2, 0.25) is 0 Å². The fourth-order valence-corrected chi connectivity index (χ4v) is 4.58. The van der Waals surface area contributed by atoms with E-state index in [1.165, 1.54) is 10.3 Å². The van der Waals surface area contributed by atoms with E-state index in [9.17, 15) is 0 Å². The summed E-state index contributed by atoms with van der Waals surface area (Å²) in [6, 6.07) is 0. The monoisotopic (exact) mass is 308 g/mol. The van der Waals surface area contributed by atoms with Crippen LogP contribution in [0.5, 0.6) is 0 Å². The summed E-state index contributed by atoms with van der Waals surface area (Å²) in [4.78, 5) is 11.3. The second kappa shape index (κ2) is 5.50. The van der Waals surface area contributed by atoms with Gasteiger partial charge in [-0.1, -0.05) is 0 Å². The van der Waals surface area contributed by atoms with Crippen LogP contribution in [0.4, 0.5) is 5.82 Å². The molecule has 0 aromatic carbocycles. The molecule has 0 bridgehead atoms. The van der Waals surface area contributed by atoms with E-state index in [0.717, 1.165) is 43.8 Å². The second-order valence-corrected chi connectivity index (χ2v) is 7.53. The van der Waals surface area contributed by atoms with Crippen molar-refractivity contribution < 1.29 is 0 Å². The lowest BCUT2D eigenvalue weighted by Crippen LogP contribution is -2.46. The zero-order valence-corrected chi connectivity index (χ0v) is 13.6. The minimum atomic E-state index is 0.258. The highest BCUT2D eigenvalue weighted by Gasteiger charge is 2.33. The van der Waals surface area contributed by atoms with Gasteiger partial charge in [0.05, 0.1) is 10.2 Å². The van der Waals surface area contributed by atoms with Gasteiger partial charge in [-0.05, 0) is 37.0 Å². The van der Waals surface area contributed by atoms with Gasteiger partial charge in [-0.3, -0.25) is 0 Å². The number of hydrogen-bond acceptors (Lipinski definition) is 6. The molecule has 0 aliphatic carbocycles. The minimum absolute atomic E-state index is 0.258. The molecule has 4 nitrogen and oxygen atoms in total. The van der Waals surface area contributed by atoms with Crippen molar-refractivity contribution in [3.05, 3.63) is 17.3 Å². The van der Waals surface area contributed by atoms with Crippen molar-refractivity contribution in [1.82, 2.24) is 9.97 Å². The third-order valence-electron chi connectivity index (χ3n) is 4.29. The Bertz CT molecular complexity index is 596. The van der Waals surface area contributed by atoms with Gasteiger partial charge in [-0.2, -0.15) is 11.8 Å². The van der Waals surface area contributed by atoms with Gasteiger partial charge in [-0.25, -0.2) is 9.97 Å². The fourth-order valence-electron chi connectivity index (χ4n) is 2.80. The van der Waals surface area contributed by atoms with Crippen molar-refractivity contribution in [1.29, 1.82) is 0 Å². The molecule has 2 aromatic rings. The molecule has 0 spiro atoms. The number of nitrogens with two attached hydrogens (primary N) is 1. The second-order valence-electron chi connectivity index (χ2n) is 5.37. The van der Waals surface area contributed by atoms with Gasteiger partial charge in [0.25, 0.3) is 0 Å². The van der Waals surface area contributed by atoms with Gasteiger partial charge in [0.1, 0.15) is 12.1 Å². The summed E-state index contributed by atoms with van der Waals surface area (Å²) in [5.74, 6) is 1.10. The molecule has 20 heavy (non-hydrogen) atoms. The number of hydrogen-bond donors (Lipinski definition) is 1. The van der Waals surface area contributed by atoms with Crippen LogP contribution in [0.25, 0.3) is 10.2 Å². The molecule has 1 aliphatic rings. The van der Waals surface area contributed by atoms with Crippen molar-refractivity contribution in [2.45, 2.75) is 24.5 Å². The molecule has 2 aromatic heterocycles. The molecule has 0 atom stereocenters. The van der Waals surface area contributed by atoms with E-state index < -0.39 is 0 Å². The van der Waals surface area contributed by atoms with E-state index >= 15 is 0 Å². The molecule has 1 fully saturated rings. The summed E-state index contributed by atoms with van der Waals surface area (Å²) >= 11 is 3.67. The van der Waals surface area contributed by atoms with Crippen LogP contribution < -0.4 is 10.6 Å². The molecule has 1 saturated heterocycles. The first-order chi connectivity index (χ1) is 9.69. The van der Waals surface area contributed by atoms with Crippen LogP contribution in [0.3, 0.4) is 0 Å². The number of fused-ring (bicyclic) bond motifs is 1. The predicted molar refractivity (Wildman–Crippen MR) is 88.9 cm³/mol. The standard InChI is InChI=1S/C14H20N4S2/c1-10-7-20-12-11(10)16-9-17-13(12)18-5-3-14(8-15,19-2)4-6-18/h7,9H,3-6,8,15H2,1-2H3. The quantitative estimate of drug-likeness (QED) is 0.945. The minimum Gasteiger partial charge on any atom is -0.355 e. The average Bonchev–Trinajstić information content (AvgIpc) is 2.89. The third-order valence-corrected chi connectivity index (χ3v) is 6.82. The largest absolute Gasteiger partial charge is 0.355 e. The Hall–Kier alpha value is -0.850. The van der Waals surface area contributed by atoms with Crippen molar-refractivity contribution in [2.75, 3.05) is 30.8 Å². The van der Waals surface area contributed by atoms with E-state index in [1.54, 1.807) is 17.7 Å². The number of thioether (sulfide) groups is 1. The van der Waals surface area contributed by atoms with Gasteiger partial charge in [-0.15, -0.1) is 11.3 Å². The maximum Gasteiger partial charge on any atom is 0.150 e. The molecule has 108 valence electrons. The summed E-state index contributed by atoms with van der Waals surface area (Å²) < 4.78 is 1.47. The predicted octanol–water partition coefficient (Wildman–Crippen LogP) is 2.66. The molecule has 0 radical (unpaired) electrons. The molecule has 3 heterocycles. The van der Waals surface area contributed by atoms with Gasteiger partial charge < -0.3 is 10.6 Å². The molecule has 1 aliphatic heterocycles. The van der Waals surface area contributed by atoms with Gasteiger partial charge in [0.2, 0.25) is 0 Å². The fraction of sp³-hybridized carbons (Fsp3) is 0.571. The number of anilines is 1. The zero-order chi connectivity index (χ0) is 14.2. The SMILES string of the molecule is CSC1(CN)CCN(c2ncnc3c(C)csc23)CC1. The Labute approximate surface area is 127 Å². The van der Waals surface area contributed by atoms with Gasteiger partial charge >= 0.3 is 0 Å². The highest BCUT2D eigenvalue weighted by atomic mass is 32.2. The van der Waals surface area contributed by atoms with E-state index in [-0.39, 0.29) is 4.75 Å². The highest BCUT2D eigenvalue weighted by Crippen LogP contribution is 2.37. The Morgan fingerprint density at radius 3 is 2.80 bits per heavy atom. The smallest absolute Gasteiger partial charge is 0.150 e. The summed E-state index contributed by atoms with van der Waals surface area (Å²) in [6.45, 7) is 4.93. The third kappa shape index (κ3) is 2.29. The molecule has 0 amide bonds. The van der Waals surface area contributed by atoms with E-state index in [2.05, 4.69) is 33.4 Å².